The second kappa shape index (κ2) is 5.34. The number of hydrogen-bond acceptors (Lipinski definition) is 3. The summed E-state index contributed by atoms with van der Waals surface area (Å²) in [5, 5.41) is 10.8. The largest absolute Gasteiger partial charge is 0.375 e. The van der Waals surface area contributed by atoms with Crippen LogP contribution in [0.15, 0.2) is 53.0 Å². The fourth-order valence-corrected chi connectivity index (χ4v) is 3.02. The summed E-state index contributed by atoms with van der Waals surface area (Å²) < 4.78 is 0.866. The molecule has 3 rings (SSSR count). The number of carbonyl (C=O) groups excluding carboxylic acids is 2. The lowest BCUT2D eigenvalue weighted by molar-refractivity contribution is -0.135. The number of carbonyl (C=O) groups is 2. The van der Waals surface area contributed by atoms with Gasteiger partial charge in [-0.3, -0.25) is 9.59 Å². The van der Waals surface area contributed by atoms with E-state index in [1.165, 1.54) is 4.90 Å². The van der Waals surface area contributed by atoms with Crippen molar-refractivity contribution >= 4 is 33.3 Å². The zero-order chi connectivity index (χ0) is 15.9. The number of fused-ring (bicyclic) bond motifs is 1. The Morgan fingerprint density at radius 2 is 1.82 bits per heavy atom. The van der Waals surface area contributed by atoms with Crippen LogP contribution in [0, 0.1) is 0 Å². The monoisotopic (exact) mass is 359 g/mol. The third-order valence-corrected chi connectivity index (χ3v) is 4.48. The van der Waals surface area contributed by atoms with E-state index in [0.29, 0.717) is 16.8 Å². The minimum Gasteiger partial charge on any atom is -0.375 e. The Hall–Kier alpha value is -1.98. The van der Waals surface area contributed by atoms with Gasteiger partial charge in [-0.2, -0.15) is 0 Å². The molecule has 0 aromatic heterocycles. The smallest absolute Gasteiger partial charge is 0.263 e. The van der Waals surface area contributed by atoms with Crippen LogP contribution >= 0.6 is 15.9 Å². The molecule has 4 nitrogen and oxygen atoms in total. The van der Waals surface area contributed by atoms with Gasteiger partial charge < -0.3 is 10.0 Å². The predicted octanol–water partition coefficient (Wildman–Crippen LogP) is 2.89. The quantitative estimate of drug-likeness (QED) is 0.857. The van der Waals surface area contributed by atoms with Crippen molar-refractivity contribution in [2.24, 2.45) is 0 Å². The molecular weight excluding hydrogens is 346 g/mol. The van der Waals surface area contributed by atoms with Crippen molar-refractivity contribution in [3.8, 4) is 0 Å². The Kier molecular flexibility index (Phi) is 3.62. The Labute approximate surface area is 136 Å². The first-order valence-corrected chi connectivity index (χ1v) is 7.61. The van der Waals surface area contributed by atoms with E-state index in [1.54, 1.807) is 55.6 Å². The van der Waals surface area contributed by atoms with Gasteiger partial charge in [0.25, 0.3) is 5.91 Å². The number of aliphatic hydroxyl groups is 1. The Morgan fingerprint density at radius 1 is 1.18 bits per heavy atom. The number of benzene rings is 2. The first-order valence-electron chi connectivity index (χ1n) is 6.82. The molecule has 1 N–H and O–H groups in total. The minimum absolute atomic E-state index is 0.269. The molecule has 1 heterocycles. The van der Waals surface area contributed by atoms with E-state index in [0.717, 1.165) is 4.47 Å². The number of ketones is 1. The zero-order valence-corrected chi connectivity index (χ0v) is 13.5. The average Bonchev–Trinajstić information content (AvgIpc) is 2.70. The van der Waals surface area contributed by atoms with Crippen LogP contribution < -0.4 is 4.90 Å². The normalized spacial score (nSPS) is 20.1. The lowest BCUT2D eigenvalue weighted by Gasteiger charge is -2.21. The second-order valence-electron chi connectivity index (χ2n) is 5.35. The highest BCUT2D eigenvalue weighted by molar-refractivity contribution is 9.10. The van der Waals surface area contributed by atoms with Crippen LogP contribution in [-0.2, 0) is 10.4 Å². The molecule has 0 saturated heterocycles. The molecule has 2 aromatic rings. The van der Waals surface area contributed by atoms with Crippen LogP contribution in [0.2, 0.25) is 0 Å². The molecule has 1 amide bonds. The van der Waals surface area contributed by atoms with Crippen molar-refractivity contribution in [1.82, 2.24) is 0 Å². The van der Waals surface area contributed by atoms with E-state index in [4.69, 9.17) is 0 Å². The molecule has 0 unspecified atom stereocenters. The molecular formula is C17H14BrNO3. The van der Waals surface area contributed by atoms with Gasteiger partial charge in [0.15, 0.2) is 11.4 Å². The number of para-hydroxylation sites is 1. The van der Waals surface area contributed by atoms with E-state index in [2.05, 4.69) is 15.9 Å². The number of nitrogens with zero attached hydrogens (tertiary/aromatic N) is 1. The highest BCUT2D eigenvalue weighted by atomic mass is 79.9. The molecule has 0 aliphatic carbocycles. The molecule has 112 valence electrons. The maximum Gasteiger partial charge on any atom is 0.263 e. The van der Waals surface area contributed by atoms with Gasteiger partial charge in [-0.25, -0.2) is 0 Å². The number of likely N-dealkylation sites (N-methyl/N-ethyl adjacent to an activating group) is 1. The highest BCUT2D eigenvalue weighted by Gasteiger charge is 2.49. The van der Waals surface area contributed by atoms with Crippen molar-refractivity contribution in [3.63, 3.8) is 0 Å². The fraction of sp³-hybridized carbons (Fsp3) is 0.176. The molecule has 0 spiro atoms. The van der Waals surface area contributed by atoms with Gasteiger partial charge >= 0.3 is 0 Å². The molecule has 2 aromatic carbocycles. The van der Waals surface area contributed by atoms with Gasteiger partial charge in [0.1, 0.15) is 0 Å². The van der Waals surface area contributed by atoms with Gasteiger partial charge in [-0.1, -0.05) is 46.3 Å². The standard InChI is InChI=1S/C17H14BrNO3/c1-19-14-5-3-2-4-13(14)17(22,16(19)21)10-15(20)11-6-8-12(18)9-7-11/h2-9,22H,10H2,1H3/t17-/m0/s1. The number of amides is 1. The summed E-state index contributed by atoms with van der Waals surface area (Å²) in [6.07, 6.45) is -0.269. The summed E-state index contributed by atoms with van der Waals surface area (Å²) in [5.74, 6) is -0.743. The van der Waals surface area contributed by atoms with Crippen molar-refractivity contribution in [2.45, 2.75) is 12.0 Å². The fourth-order valence-electron chi connectivity index (χ4n) is 2.76. The van der Waals surface area contributed by atoms with Gasteiger partial charge in [0.2, 0.25) is 0 Å². The van der Waals surface area contributed by atoms with E-state index >= 15 is 0 Å². The average molecular weight is 360 g/mol. The number of Topliss-reactive ketones (excluding diaryl/α,β-unsaturated/α-hetero) is 1. The first-order chi connectivity index (χ1) is 10.4. The first kappa shape index (κ1) is 14.9. The van der Waals surface area contributed by atoms with Gasteiger partial charge in [0, 0.05) is 22.6 Å². The Balaban J connectivity index is 1.95. The Morgan fingerprint density at radius 3 is 2.50 bits per heavy atom. The number of rotatable bonds is 3. The van der Waals surface area contributed by atoms with E-state index in [9.17, 15) is 14.7 Å². The lowest BCUT2D eigenvalue weighted by atomic mass is 9.88. The summed E-state index contributed by atoms with van der Waals surface area (Å²) >= 11 is 3.31. The van der Waals surface area contributed by atoms with Crippen LogP contribution in [0.4, 0.5) is 5.69 Å². The molecule has 0 saturated carbocycles. The van der Waals surface area contributed by atoms with Crippen LogP contribution in [0.25, 0.3) is 0 Å². The molecule has 1 aliphatic rings. The zero-order valence-electron chi connectivity index (χ0n) is 11.9. The molecule has 22 heavy (non-hydrogen) atoms. The third-order valence-electron chi connectivity index (χ3n) is 3.95. The van der Waals surface area contributed by atoms with E-state index < -0.39 is 11.5 Å². The lowest BCUT2D eigenvalue weighted by Crippen LogP contribution is -2.40. The number of hydrogen-bond donors (Lipinski definition) is 1. The predicted molar refractivity (Wildman–Crippen MR) is 86.8 cm³/mol. The van der Waals surface area contributed by atoms with E-state index in [-0.39, 0.29) is 12.2 Å². The van der Waals surface area contributed by atoms with Gasteiger partial charge in [0.05, 0.1) is 12.1 Å². The molecule has 0 fully saturated rings. The van der Waals surface area contributed by atoms with Crippen LogP contribution in [0.1, 0.15) is 22.3 Å². The van der Waals surface area contributed by atoms with Crippen molar-refractivity contribution < 1.29 is 14.7 Å². The summed E-state index contributed by atoms with van der Waals surface area (Å²) in [6, 6.07) is 13.9. The van der Waals surface area contributed by atoms with Crippen molar-refractivity contribution in [1.29, 1.82) is 0 Å². The van der Waals surface area contributed by atoms with E-state index in [1.807, 2.05) is 0 Å². The maximum absolute atomic E-state index is 12.4. The Bertz CT molecular complexity index is 757. The summed E-state index contributed by atoms with van der Waals surface area (Å²) in [5.41, 5.74) is -0.210. The molecule has 0 radical (unpaired) electrons. The highest BCUT2D eigenvalue weighted by Crippen LogP contribution is 2.41. The topological polar surface area (TPSA) is 57.6 Å². The van der Waals surface area contributed by atoms with Crippen LogP contribution in [0.3, 0.4) is 0 Å². The summed E-state index contributed by atoms with van der Waals surface area (Å²) in [7, 11) is 1.60. The van der Waals surface area contributed by atoms with Crippen LogP contribution in [-0.4, -0.2) is 23.8 Å². The minimum atomic E-state index is -1.80. The SMILES string of the molecule is CN1C(=O)[C@](O)(CC(=O)c2ccc(Br)cc2)c2ccccc21. The summed E-state index contributed by atoms with van der Waals surface area (Å²) in [4.78, 5) is 26.2. The third kappa shape index (κ3) is 2.26. The number of anilines is 1. The van der Waals surface area contributed by atoms with Crippen molar-refractivity contribution in [3.05, 3.63) is 64.1 Å². The summed E-state index contributed by atoms with van der Waals surface area (Å²) in [6.45, 7) is 0. The molecule has 1 aliphatic heterocycles. The molecule has 1 atom stereocenters. The molecule has 5 heteroatoms. The number of halogens is 1. The van der Waals surface area contributed by atoms with Gasteiger partial charge in [-0.15, -0.1) is 0 Å². The van der Waals surface area contributed by atoms with Gasteiger partial charge in [-0.05, 0) is 18.2 Å². The maximum atomic E-state index is 12.4. The van der Waals surface area contributed by atoms with Crippen LogP contribution in [0.5, 0.6) is 0 Å². The van der Waals surface area contributed by atoms with Crippen molar-refractivity contribution in [2.75, 3.05) is 11.9 Å². The molecule has 0 bridgehead atoms. The second-order valence-corrected chi connectivity index (χ2v) is 6.26.